The second-order valence-corrected chi connectivity index (χ2v) is 11.8. The molecule has 37 heavy (non-hydrogen) atoms. The number of nitrogens with zero attached hydrogens (tertiary/aromatic N) is 2. The number of fused-ring (bicyclic) bond motifs is 2. The van der Waals surface area contributed by atoms with Crippen LogP contribution >= 0.6 is 11.3 Å². The number of benzene rings is 1. The molecule has 1 atom stereocenters. The number of rotatable bonds is 7. The minimum absolute atomic E-state index is 0.0411. The Balaban J connectivity index is 1.33. The number of carbonyl (C=O) groups is 2. The third-order valence-electron chi connectivity index (χ3n) is 6.03. The first kappa shape index (κ1) is 25.2. The van der Waals surface area contributed by atoms with E-state index in [1.54, 1.807) is 25.1 Å². The van der Waals surface area contributed by atoms with E-state index in [2.05, 4.69) is 22.4 Å². The Hall–Kier alpha value is -3.45. The van der Waals surface area contributed by atoms with E-state index < -0.39 is 32.7 Å². The molecule has 0 radical (unpaired) electrons. The third kappa shape index (κ3) is 5.18. The Morgan fingerprint density at radius 2 is 1.97 bits per heavy atom. The molecule has 1 aliphatic carbocycles. The Morgan fingerprint density at radius 3 is 2.76 bits per heavy atom. The molecule has 1 unspecified atom stereocenters. The van der Waals surface area contributed by atoms with E-state index in [0.717, 1.165) is 23.3 Å². The number of ether oxygens (including phenoxy) is 3. The molecule has 1 N–H and O–H groups in total. The number of anilines is 1. The van der Waals surface area contributed by atoms with Gasteiger partial charge in [0.15, 0.2) is 11.5 Å². The molecular formula is C24H25N3O8S2. The number of hydrogen-bond acceptors (Lipinski definition) is 11. The number of amides is 1. The summed E-state index contributed by atoms with van der Waals surface area (Å²) in [7, 11) is -4.26. The molecule has 0 bridgehead atoms. The van der Waals surface area contributed by atoms with E-state index in [1.165, 1.54) is 11.3 Å². The van der Waals surface area contributed by atoms with E-state index in [0.29, 0.717) is 53.2 Å². The second-order valence-electron chi connectivity index (χ2n) is 8.82. The summed E-state index contributed by atoms with van der Waals surface area (Å²) in [5.74, 6) is -0.837. The Bertz CT molecular complexity index is 1460. The molecule has 0 spiro atoms. The standard InChI is InChI=1S/C24H25N3O8S2/c1-3-32-23(29)20-15-6-4-13(2)10-18(15)36-22(20)25-19(28)12-37(30,31)24-27-26-21(35-24)14-5-7-16-17(11-14)34-9-8-33-16/h5,7,11,13H,3-4,6,8-10,12H2,1-2H3,(H,25,28). The van der Waals surface area contributed by atoms with Gasteiger partial charge in [-0.1, -0.05) is 12.0 Å². The number of hydrogen-bond donors (Lipinski definition) is 1. The minimum Gasteiger partial charge on any atom is -0.486 e. The smallest absolute Gasteiger partial charge is 0.341 e. The molecule has 1 amide bonds. The summed E-state index contributed by atoms with van der Waals surface area (Å²) in [5, 5.41) is 9.67. The van der Waals surface area contributed by atoms with E-state index in [9.17, 15) is 18.0 Å². The molecule has 11 nitrogen and oxygen atoms in total. The zero-order chi connectivity index (χ0) is 26.2. The number of aromatic nitrogens is 2. The highest BCUT2D eigenvalue weighted by Gasteiger charge is 2.31. The number of esters is 1. The molecule has 5 rings (SSSR count). The fourth-order valence-electron chi connectivity index (χ4n) is 4.28. The monoisotopic (exact) mass is 547 g/mol. The largest absolute Gasteiger partial charge is 0.486 e. The summed E-state index contributed by atoms with van der Waals surface area (Å²) in [6.45, 7) is 4.84. The van der Waals surface area contributed by atoms with Crippen LogP contribution in [0.15, 0.2) is 27.8 Å². The first-order valence-electron chi connectivity index (χ1n) is 11.8. The normalized spacial score (nSPS) is 16.6. The molecular weight excluding hydrogens is 522 g/mol. The van der Waals surface area contributed by atoms with Crippen LogP contribution in [0.25, 0.3) is 11.5 Å². The van der Waals surface area contributed by atoms with Crippen molar-refractivity contribution in [3.63, 3.8) is 0 Å². The van der Waals surface area contributed by atoms with Crippen LogP contribution in [0.2, 0.25) is 0 Å². The maximum atomic E-state index is 12.9. The van der Waals surface area contributed by atoms with Crippen LogP contribution in [0.1, 0.15) is 41.1 Å². The Kier molecular flexibility index (Phi) is 6.90. The van der Waals surface area contributed by atoms with E-state index in [-0.39, 0.29) is 12.5 Å². The summed E-state index contributed by atoms with van der Waals surface area (Å²) in [6.07, 6.45) is 2.39. The van der Waals surface area contributed by atoms with Gasteiger partial charge in [-0.15, -0.1) is 16.4 Å². The molecule has 0 fully saturated rings. The van der Waals surface area contributed by atoms with Crippen LogP contribution in [0.4, 0.5) is 5.00 Å². The van der Waals surface area contributed by atoms with Crippen molar-refractivity contribution < 1.29 is 36.6 Å². The quantitative estimate of drug-likeness (QED) is 0.437. The molecule has 196 valence electrons. The highest BCUT2D eigenvalue weighted by atomic mass is 32.2. The van der Waals surface area contributed by atoms with Crippen LogP contribution in [-0.4, -0.2) is 56.1 Å². The lowest BCUT2D eigenvalue weighted by Gasteiger charge is -2.18. The number of sulfone groups is 1. The zero-order valence-electron chi connectivity index (χ0n) is 20.2. The van der Waals surface area contributed by atoms with Gasteiger partial charge >= 0.3 is 11.2 Å². The van der Waals surface area contributed by atoms with Gasteiger partial charge in [-0.2, -0.15) is 0 Å². The fraction of sp³-hybridized carbons (Fsp3) is 0.417. The topological polar surface area (TPSA) is 147 Å². The average molecular weight is 548 g/mol. The molecule has 1 aliphatic heterocycles. The van der Waals surface area contributed by atoms with Crippen LogP contribution in [-0.2, 0) is 32.2 Å². The number of carbonyl (C=O) groups excluding carboxylic acids is 2. The fourth-order valence-corrected chi connectivity index (χ4v) is 6.61. The summed E-state index contributed by atoms with van der Waals surface area (Å²) in [6, 6.07) is 4.92. The highest BCUT2D eigenvalue weighted by Crippen LogP contribution is 2.40. The first-order chi connectivity index (χ1) is 17.7. The van der Waals surface area contributed by atoms with Crippen LogP contribution in [0.3, 0.4) is 0 Å². The van der Waals surface area contributed by atoms with Crippen molar-refractivity contribution in [3.05, 3.63) is 34.2 Å². The van der Waals surface area contributed by atoms with E-state index in [4.69, 9.17) is 18.6 Å². The maximum Gasteiger partial charge on any atom is 0.341 e. The van der Waals surface area contributed by atoms with Gasteiger partial charge in [-0.25, -0.2) is 13.2 Å². The van der Waals surface area contributed by atoms with Crippen molar-refractivity contribution in [3.8, 4) is 23.0 Å². The SMILES string of the molecule is CCOC(=O)c1c(NC(=O)CS(=O)(=O)c2nnc(-c3ccc4c(c3)OCCO4)o2)sc2c1CCC(C)C2. The Morgan fingerprint density at radius 1 is 1.19 bits per heavy atom. The van der Waals surface area contributed by atoms with Gasteiger partial charge in [0.05, 0.1) is 12.2 Å². The zero-order valence-corrected chi connectivity index (χ0v) is 21.9. The van der Waals surface area contributed by atoms with Crippen molar-refractivity contribution in [1.82, 2.24) is 10.2 Å². The average Bonchev–Trinajstić information content (AvgIpc) is 3.49. The molecule has 0 saturated carbocycles. The third-order valence-corrected chi connectivity index (χ3v) is 8.54. The maximum absolute atomic E-state index is 12.9. The van der Waals surface area contributed by atoms with Gasteiger partial charge in [0.25, 0.3) is 0 Å². The van der Waals surface area contributed by atoms with E-state index in [1.807, 2.05) is 0 Å². The van der Waals surface area contributed by atoms with Gasteiger partial charge in [0.1, 0.15) is 24.0 Å². The van der Waals surface area contributed by atoms with Crippen molar-refractivity contribution in [2.24, 2.45) is 5.92 Å². The highest BCUT2D eigenvalue weighted by molar-refractivity contribution is 7.91. The summed E-state index contributed by atoms with van der Waals surface area (Å²) >= 11 is 1.28. The van der Waals surface area contributed by atoms with Gasteiger partial charge in [-0.3, -0.25) is 4.79 Å². The lowest BCUT2D eigenvalue weighted by atomic mass is 9.88. The summed E-state index contributed by atoms with van der Waals surface area (Å²) in [5.41, 5.74) is 1.61. The van der Waals surface area contributed by atoms with E-state index >= 15 is 0 Å². The van der Waals surface area contributed by atoms with Gasteiger partial charge < -0.3 is 23.9 Å². The molecule has 1 aromatic carbocycles. The van der Waals surface area contributed by atoms with Crippen LogP contribution in [0, 0.1) is 5.92 Å². The predicted molar refractivity (Wildman–Crippen MR) is 133 cm³/mol. The molecule has 3 aromatic rings. The van der Waals surface area contributed by atoms with Crippen molar-refractivity contribution >= 4 is 38.1 Å². The Labute approximate surface area is 217 Å². The molecule has 2 aliphatic rings. The number of nitrogens with one attached hydrogen (secondary N) is 1. The molecule has 2 aromatic heterocycles. The molecule has 3 heterocycles. The van der Waals surface area contributed by atoms with Crippen molar-refractivity contribution in [2.45, 2.75) is 38.3 Å². The molecule has 13 heteroatoms. The van der Waals surface area contributed by atoms with Crippen LogP contribution < -0.4 is 14.8 Å². The number of thiophene rings is 1. The van der Waals surface area contributed by atoms with Gasteiger partial charge in [0, 0.05) is 10.4 Å². The van der Waals surface area contributed by atoms with Crippen LogP contribution in [0.5, 0.6) is 11.5 Å². The van der Waals surface area contributed by atoms with Crippen molar-refractivity contribution in [1.29, 1.82) is 0 Å². The summed E-state index contributed by atoms with van der Waals surface area (Å²) < 4.78 is 47.4. The lowest BCUT2D eigenvalue weighted by molar-refractivity contribution is -0.113. The predicted octanol–water partition coefficient (Wildman–Crippen LogP) is 3.28. The summed E-state index contributed by atoms with van der Waals surface area (Å²) in [4.78, 5) is 26.5. The van der Waals surface area contributed by atoms with Gasteiger partial charge in [-0.05, 0) is 55.9 Å². The minimum atomic E-state index is -4.26. The second kappa shape index (κ2) is 10.1. The van der Waals surface area contributed by atoms with Crippen molar-refractivity contribution in [2.75, 3.05) is 30.9 Å². The van der Waals surface area contributed by atoms with Gasteiger partial charge in [0.2, 0.25) is 21.6 Å². The molecule has 0 saturated heterocycles. The lowest BCUT2D eigenvalue weighted by Crippen LogP contribution is -2.24. The first-order valence-corrected chi connectivity index (χ1v) is 14.3.